The van der Waals surface area contributed by atoms with Gasteiger partial charge in [-0.05, 0) is 20.8 Å². The van der Waals surface area contributed by atoms with Gasteiger partial charge in [0.1, 0.15) is 0 Å². The summed E-state index contributed by atoms with van der Waals surface area (Å²) < 4.78 is 1.69. The number of aryl methyl sites for hydroxylation is 3. The van der Waals surface area contributed by atoms with E-state index in [-0.39, 0.29) is 5.91 Å². The van der Waals surface area contributed by atoms with Crippen LogP contribution in [0, 0.1) is 20.8 Å². The summed E-state index contributed by atoms with van der Waals surface area (Å²) in [6, 6.07) is 1.78. The third kappa shape index (κ3) is 2.06. The molecule has 0 aliphatic rings. The van der Waals surface area contributed by atoms with E-state index in [0.717, 1.165) is 17.1 Å². The van der Waals surface area contributed by atoms with Crippen molar-refractivity contribution < 1.29 is 4.79 Å². The number of hydrogen-bond acceptors (Lipinski definition) is 3. The predicted octanol–water partition coefficient (Wildman–Crippen LogP) is 1.32. The molecule has 0 unspecified atom stereocenters. The van der Waals surface area contributed by atoms with Gasteiger partial charge in [-0.15, -0.1) is 0 Å². The van der Waals surface area contributed by atoms with Crippen LogP contribution in [0.15, 0.2) is 6.07 Å². The van der Waals surface area contributed by atoms with E-state index in [1.165, 1.54) is 0 Å². The van der Waals surface area contributed by atoms with Crippen molar-refractivity contribution >= 4 is 11.7 Å². The second-order valence-electron chi connectivity index (χ2n) is 4.06. The van der Waals surface area contributed by atoms with Gasteiger partial charge in [0.25, 0.3) is 5.91 Å². The Kier molecular flexibility index (Phi) is 2.71. The first-order chi connectivity index (χ1) is 7.99. The molecule has 0 radical (unpaired) electrons. The van der Waals surface area contributed by atoms with Crippen LogP contribution in [0.3, 0.4) is 0 Å². The average molecular weight is 233 g/mol. The van der Waals surface area contributed by atoms with Gasteiger partial charge in [0, 0.05) is 24.5 Å². The van der Waals surface area contributed by atoms with Crippen LogP contribution in [-0.2, 0) is 7.05 Å². The van der Waals surface area contributed by atoms with E-state index in [1.807, 2.05) is 27.8 Å². The van der Waals surface area contributed by atoms with Crippen molar-refractivity contribution in [1.29, 1.82) is 0 Å². The standard InChI is InChI=1S/C11H15N5O/c1-6-5-9(14-13-6)12-11(17)10-7(2)15-16(4)8(10)3/h5H,1-4H3,(H2,12,13,14,17). The smallest absolute Gasteiger partial charge is 0.260 e. The number of aromatic amines is 1. The molecule has 6 nitrogen and oxygen atoms in total. The molecular weight excluding hydrogens is 218 g/mol. The highest BCUT2D eigenvalue weighted by Crippen LogP contribution is 2.14. The van der Waals surface area contributed by atoms with E-state index in [2.05, 4.69) is 20.6 Å². The Morgan fingerprint density at radius 2 is 2.12 bits per heavy atom. The molecule has 0 aliphatic heterocycles. The lowest BCUT2D eigenvalue weighted by atomic mass is 10.2. The van der Waals surface area contributed by atoms with E-state index in [1.54, 1.807) is 10.7 Å². The molecule has 2 heterocycles. The fourth-order valence-corrected chi connectivity index (χ4v) is 1.76. The number of nitrogens with zero attached hydrogens (tertiary/aromatic N) is 3. The summed E-state index contributed by atoms with van der Waals surface area (Å²) in [7, 11) is 1.82. The van der Waals surface area contributed by atoms with Crippen molar-refractivity contribution in [3.63, 3.8) is 0 Å². The van der Waals surface area contributed by atoms with Crippen LogP contribution < -0.4 is 5.32 Å². The van der Waals surface area contributed by atoms with Crippen molar-refractivity contribution in [2.45, 2.75) is 20.8 Å². The molecule has 0 spiro atoms. The summed E-state index contributed by atoms with van der Waals surface area (Å²) in [5, 5.41) is 13.7. The largest absolute Gasteiger partial charge is 0.305 e. The molecule has 0 aliphatic carbocycles. The SMILES string of the molecule is Cc1cc(NC(=O)c2c(C)nn(C)c2C)n[nH]1. The molecule has 2 rings (SSSR count). The van der Waals surface area contributed by atoms with Crippen LogP contribution in [0.5, 0.6) is 0 Å². The number of nitrogens with one attached hydrogen (secondary N) is 2. The van der Waals surface area contributed by atoms with Crippen LogP contribution in [0.25, 0.3) is 0 Å². The summed E-state index contributed by atoms with van der Waals surface area (Å²) in [5.41, 5.74) is 3.06. The van der Waals surface area contributed by atoms with Crippen molar-refractivity contribution in [2.24, 2.45) is 7.05 Å². The summed E-state index contributed by atoms with van der Waals surface area (Å²) in [4.78, 5) is 12.1. The first-order valence-electron chi connectivity index (χ1n) is 5.32. The van der Waals surface area contributed by atoms with Crippen molar-refractivity contribution in [1.82, 2.24) is 20.0 Å². The molecule has 0 atom stereocenters. The molecule has 0 bridgehead atoms. The zero-order valence-electron chi connectivity index (χ0n) is 10.3. The van der Waals surface area contributed by atoms with Crippen LogP contribution in [0.4, 0.5) is 5.82 Å². The van der Waals surface area contributed by atoms with Crippen LogP contribution in [0.1, 0.15) is 27.4 Å². The van der Waals surface area contributed by atoms with Crippen LogP contribution in [0.2, 0.25) is 0 Å². The summed E-state index contributed by atoms with van der Waals surface area (Å²) in [5.74, 6) is 0.342. The molecule has 0 fully saturated rings. The Bertz CT molecular complexity index is 566. The lowest BCUT2D eigenvalue weighted by Gasteiger charge is -2.01. The highest BCUT2D eigenvalue weighted by atomic mass is 16.1. The number of hydrogen-bond donors (Lipinski definition) is 2. The maximum Gasteiger partial charge on any atom is 0.260 e. The van der Waals surface area contributed by atoms with E-state index < -0.39 is 0 Å². The topological polar surface area (TPSA) is 75.6 Å². The normalized spacial score (nSPS) is 10.6. The molecule has 0 saturated heterocycles. The minimum Gasteiger partial charge on any atom is -0.305 e. The summed E-state index contributed by atoms with van der Waals surface area (Å²) in [6.45, 7) is 5.56. The first-order valence-corrected chi connectivity index (χ1v) is 5.32. The first kappa shape index (κ1) is 11.4. The van der Waals surface area contributed by atoms with Gasteiger partial charge in [-0.25, -0.2) is 0 Å². The zero-order chi connectivity index (χ0) is 12.6. The molecule has 90 valence electrons. The number of aromatic nitrogens is 4. The molecule has 2 aromatic heterocycles. The van der Waals surface area contributed by atoms with Gasteiger partial charge in [-0.1, -0.05) is 0 Å². The molecule has 2 aromatic rings. The van der Waals surface area contributed by atoms with Gasteiger partial charge in [0.2, 0.25) is 0 Å². The Hall–Kier alpha value is -2.11. The van der Waals surface area contributed by atoms with Gasteiger partial charge >= 0.3 is 0 Å². The minimum absolute atomic E-state index is 0.181. The lowest BCUT2D eigenvalue weighted by Crippen LogP contribution is -2.14. The number of carbonyl (C=O) groups is 1. The van der Waals surface area contributed by atoms with Gasteiger partial charge in [-0.3, -0.25) is 14.6 Å². The van der Waals surface area contributed by atoms with Gasteiger partial charge < -0.3 is 5.32 Å². The lowest BCUT2D eigenvalue weighted by molar-refractivity contribution is 0.102. The van der Waals surface area contributed by atoms with Crippen molar-refractivity contribution in [2.75, 3.05) is 5.32 Å². The fraction of sp³-hybridized carbons (Fsp3) is 0.364. The van der Waals surface area contributed by atoms with Crippen LogP contribution >= 0.6 is 0 Å². The van der Waals surface area contributed by atoms with E-state index in [4.69, 9.17) is 0 Å². The Morgan fingerprint density at radius 1 is 1.41 bits per heavy atom. The maximum atomic E-state index is 12.1. The number of H-pyrrole nitrogens is 1. The van der Waals surface area contributed by atoms with Crippen molar-refractivity contribution in [3.05, 3.63) is 28.7 Å². The average Bonchev–Trinajstić information content (AvgIpc) is 2.73. The molecule has 1 amide bonds. The van der Waals surface area contributed by atoms with E-state index in [0.29, 0.717) is 11.4 Å². The van der Waals surface area contributed by atoms with E-state index in [9.17, 15) is 4.79 Å². The molecule has 17 heavy (non-hydrogen) atoms. The minimum atomic E-state index is -0.181. The van der Waals surface area contributed by atoms with Gasteiger partial charge in [0.05, 0.1) is 11.3 Å². The molecule has 6 heteroatoms. The summed E-state index contributed by atoms with van der Waals surface area (Å²) in [6.07, 6.45) is 0. The third-order valence-electron chi connectivity index (χ3n) is 2.68. The number of carbonyl (C=O) groups excluding carboxylic acids is 1. The molecular formula is C11H15N5O. The number of amides is 1. The number of anilines is 1. The quantitative estimate of drug-likeness (QED) is 0.821. The second-order valence-corrected chi connectivity index (χ2v) is 4.06. The molecule has 0 saturated carbocycles. The fourth-order valence-electron chi connectivity index (χ4n) is 1.76. The molecule has 2 N–H and O–H groups in total. The Balaban J connectivity index is 2.26. The van der Waals surface area contributed by atoms with Crippen molar-refractivity contribution in [3.8, 4) is 0 Å². The monoisotopic (exact) mass is 233 g/mol. The maximum absolute atomic E-state index is 12.1. The second kappa shape index (κ2) is 4.04. The van der Waals surface area contributed by atoms with Gasteiger partial charge in [-0.2, -0.15) is 10.2 Å². The van der Waals surface area contributed by atoms with Crippen LogP contribution in [-0.4, -0.2) is 25.9 Å². The number of rotatable bonds is 2. The van der Waals surface area contributed by atoms with E-state index >= 15 is 0 Å². The highest BCUT2D eigenvalue weighted by Gasteiger charge is 2.17. The zero-order valence-corrected chi connectivity index (χ0v) is 10.3. The van der Waals surface area contributed by atoms with Gasteiger partial charge in [0.15, 0.2) is 5.82 Å². The Labute approximate surface area is 99.0 Å². The Morgan fingerprint density at radius 3 is 2.59 bits per heavy atom. The third-order valence-corrected chi connectivity index (χ3v) is 2.68. The molecule has 0 aromatic carbocycles. The summed E-state index contributed by atoms with van der Waals surface area (Å²) >= 11 is 0. The highest BCUT2D eigenvalue weighted by molar-refractivity contribution is 6.05. The predicted molar refractivity (Wildman–Crippen MR) is 64.0 cm³/mol.